The van der Waals surface area contributed by atoms with Crippen LogP contribution in [0.3, 0.4) is 0 Å². The fourth-order valence-electron chi connectivity index (χ4n) is 2.87. The summed E-state index contributed by atoms with van der Waals surface area (Å²) < 4.78 is 7.17. The Morgan fingerprint density at radius 1 is 1.00 bits per heavy atom. The zero-order chi connectivity index (χ0) is 18.9. The highest BCUT2D eigenvalue weighted by molar-refractivity contribution is 5.76. The Morgan fingerprint density at radius 2 is 1.93 bits per heavy atom. The van der Waals surface area contributed by atoms with Gasteiger partial charge in [0.1, 0.15) is 17.3 Å². The van der Waals surface area contributed by atoms with E-state index in [1.54, 1.807) is 16.8 Å². The second-order valence-electron chi connectivity index (χ2n) is 6.01. The molecule has 0 amide bonds. The van der Waals surface area contributed by atoms with Crippen molar-refractivity contribution in [3.63, 3.8) is 0 Å². The second kappa shape index (κ2) is 6.41. The van der Waals surface area contributed by atoms with Crippen LogP contribution in [-0.4, -0.2) is 30.1 Å². The molecule has 0 aliphatic carbocycles. The molecule has 28 heavy (non-hydrogen) atoms. The SMILES string of the molecule is N#Cc1ccc(-c2noc(-c3cccc(-n4nnc5ccccc54)c3)n2)nc1. The van der Waals surface area contributed by atoms with Crippen molar-refractivity contribution >= 4 is 11.0 Å². The van der Waals surface area contributed by atoms with E-state index in [0.717, 1.165) is 22.3 Å². The van der Waals surface area contributed by atoms with Gasteiger partial charge >= 0.3 is 0 Å². The Kier molecular flexibility index (Phi) is 3.63. The lowest BCUT2D eigenvalue weighted by molar-refractivity contribution is 0.432. The highest BCUT2D eigenvalue weighted by Gasteiger charge is 2.13. The number of nitrogens with zero attached hydrogens (tertiary/aromatic N) is 7. The van der Waals surface area contributed by atoms with Crippen molar-refractivity contribution in [2.45, 2.75) is 0 Å². The van der Waals surface area contributed by atoms with Crippen molar-refractivity contribution in [1.82, 2.24) is 30.1 Å². The van der Waals surface area contributed by atoms with Gasteiger partial charge in [0.05, 0.1) is 16.8 Å². The average molecular weight is 365 g/mol. The van der Waals surface area contributed by atoms with Crippen LogP contribution >= 0.6 is 0 Å². The van der Waals surface area contributed by atoms with E-state index in [1.807, 2.05) is 54.6 Å². The first-order valence-electron chi connectivity index (χ1n) is 8.43. The van der Waals surface area contributed by atoms with Crippen molar-refractivity contribution in [3.05, 3.63) is 72.4 Å². The number of hydrogen-bond donors (Lipinski definition) is 0. The number of benzene rings is 2. The van der Waals surface area contributed by atoms with Crippen molar-refractivity contribution in [2.24, 2.45) is 0 Å². The molecule has 0 fully saturated rings. The Bertz CT molecular complexity index is 1330. The van der Waals surface area contributed by atoms with Gasteiger partial charge in [-0.25, -0.2) is 4.68 Å². The molecule has 0 saturated heterocycles. The summed E-state index contributed by atoms with van der Waals surface area (Å²) in [4.78, 5) is 8.61. The van der Waals surface area contributed by atoms with Crippen LogP contribution in [0.4, 0.5) is 0 Å². The molecule has 0 aliphatic heterocycles. The lowest BCUT2D eigenvalue weighted by atomic mass is 10.2. The molecular weight excluding hydrogens is 354 g/mol. The monoisotopic (exact) mass is 365 g/mol. The van der Waals surface area contributed by atoms with E-state index in [1.165, 1.54) is 6.20 Å². The lowest BCUT2D eigenvalue weighted by Gasteiger charge is -2.03. The third-order valence-electron chi connectivity index (χ3n) is 4.24. The predicted molar refractivity (Wildman–Crippen MR) is 100 cm³/mol. The fourth-order valence-corrected chi connectivity index (χ4v) is 2.87. The summed E-state index contributed by atoms with van der Waals surface area (Å²) >= 11 is 0. The summed E-state index contributed by atoms with van der Waals surface area (Å²) in [6.07, 6.45) is 1.47. The van der Waals surface area contributed by atoms with Gasteiger partial charge in [-0.2, -0.15) is 10.2 Å². The highest BCUT2D eigenvalue weighted by Crippen LogP contribution is 2.24. The van der Waals surface area contributed by atoms with Gasteiger partial charge in [0.2, 0.25) is 5.82 Å². The van der Waals surface area contributed by atoms with Crippen molar-refractivity contribution in [3.8, 4) is 34.7 Å². The minimum atomic E-state index is 0.357. The Morgan fingerprint density at radius 3 is 2.79 bits per heavy atom. The maximum absolute atomic E-state index is 8.87. The van der Waals surface area contributed by atoms with Crippen molar-refractivity contribution < 1.29 is 4.52 Å². The molecule has 0 aliphatic rings. The quantitative estimate of drug-likeness (QED) is 0.482. The fraction of sp³-hybridized carbons (Fsp3) is 0. The van der Waals surface area contributed by atoms with Gasteiger partial charge in [-0.3, -0.25) is 4.98 Å². The average Bonchev–Trinajstić information content (AvgIpc) is 3.42. The van der Waals surface area contributed by atoms with Gasteiger partial charge in [0, 0.05) is 11.8 Å². The summed E-state index contributed by atoms with van der Waals surface area (Å²) in [7, 11) is 0. The number of hydrogen-bond acceptors (Lipinski definition) is 7. The van der Waals surface area contributed by atoms with Crippen LogP contribution in [-0.2, 0) is 0 Å². The Balaban J connectivity index is 1.52. The summed E-state index contributed by atoms with van der Waals surface area (Å²) in [5.41, 5.74) is 4.33. The maximum atomic E-state index is 8.87. The third kappa shape index (κ3) is 2.68. The molecule has 132 valence electrons. The van der Waals surface area contributed by atoms with Crippen LogP contribution in [0, 0.1) is 11.3 Å². The molecule has 0 unspecified atom stereocenters. The van der Waals surface area contributed by atoms with E-state index in [0.29, 0.717) is 23.0 Å². The van der Waals surface area contributed by atoms with Crippen LogP contribution < -0.4 is 0 Å². The van der Waals surface area contributed by atoms with Crippen LogP contribution in [0.2, 0.25) is 0 Å². The predicted octanol–water partition coefficient (Wildman–Crippen LogP) is 3.40. The van der Waals surface area contributed by atoms with Gasteiger partial charge < -0.3 is 4.52 Å². The maximum Gasteiger partial charge on any atom is 0.258 e. The van der Waals surface area contributed by atoms with Gasteiger partial charge in [-0.05, 0) is 42.5 Å². The molecule has 0 spiro atoms. The first kappa shape index (κ1) is 15.8. The number of pyridine rings is 1. The number of rotatable bonds is 3. The van der Waals surface area contributed by atoms with Crippen molar-refractivity contribution in [2.75, 3.05) is 0 Å². The molecule has 5 aromatic rings. The van der Waals surface area contributed by atoms with E-state index >= 15 is 0 Å². The number of nitriles is 1. The Labute approximate surface area is 158 Å². The van der Waals surface area contributed by atoms with E-state index in [2.05, 4.69) is 25.4 Å². The highest BCUT2D eigenvalue weighted by atomic mass is 16.5. The van der Waals surface area contributed by atoms with Crippen LogP contribution in [0.5, 0.6) is 0 Å². The second-order valence-corrected chi connectivity index (χ2v) is 6.01. The minimum Gasteiger partial charge on any atom is -0.334 e. The molecule has 8 heteroatoms. The van der Waals surface area contributed by atoms with Crippen LogP contribution in [0.1, 0.15) is 5.56 Å². The van der Waals surface area contributed by atoms with Gasteiger partial charge in [0.15, 0.2) is 0 Å². The molecule has 3 aromatic heterocycles. The van der Waals surface area contributed by atoms with Gasteiger partial charge in [-0.15, -0.1) is 5.10 Å². The smallest absolute Gasteiger partial charge is 0.258 e. The molecule has 0 radical (unpaired) electrons. The van der Waals surface area contributed by atoms with Crippen LogP contribution in [0.25, 0.3) is 39.7 Å². The molecular formula is C20H11N7O. The zero-order valence-corrected chi connectivity index (χ0v) is 14.4. The molecule has 0 bridgehead atoms. The lowest BCUT2D eigenvalue weighted by Crippen LogP contribution is -1.96. The number of fused-ring (bicyclic) bond motifs is 1. The standard InChI is InChI=1S/C20H11N7O/c21-11-13-8-9-17(22-12-13)19-23-20(28-25-19)14-4-3-5-15(10-14)27-18-7-2-1-6-16(18)24-26-27/h1-10,12H. The van der Waals surface area contributed by atoms with Crippen molar-refractivity contribution in [1.29, 1.82) is 5.26 Å². The zero-order valence-electron chi connectivity index (χ0n) is 14.4. The molecule has 2 aromatic carbocycles. The number of aromatic nitrogens is 6. The van der Waals surface area contributed by atoms with Gasteiger partial charge in [0.25, 0.3) is 5.89 Å². The van der Waals surface area contributed by atoms with E-state index in [4.69, 9.17) is 9.78 Å². The van der Waals surface area contributed by atoms with E-state index in [-0.39, 0.29) is 0 Å². The third-order valence-corrected chi connectivity index (χ3v) is 4.24. The first-order chi connectivity index (χ1) is 13.8. The van der Waals surface area contributed by atoms with E-state index in [9.17, 15) is 0 Å². The largest absolute Gasteiger partial charge is 0.334 e. The minimum absolute atomic E-state index is 0.357. The summed E-state index contributed by atoms with van der Waals surface area (Å²) in [6, 6.07) is 20.7. The van der Waals surface area contributed by atoms with Crippen LogP contribution in [0.15, 0.2) is 71.4 Å². The molecule has 5 rings (SSSR count). The molecule has 0 atom stereocenters. The molecule has 3 heterocycles. The summed E-state index contributed by atoms with van der Waals surface area (Å²) in [5, 5.41) is 21.3. The summed E-state index contributed by atoms with van der Waals surface area (Å²) in [5.74, 6) is 0.725. The van der Waals surface area contributed by atoms with Gasteiger partial charge in [-0.1, -0.05) is 28.6 Å². The van der Waals surface area contributed by atoms with E-state index < -0.39 is 0 Å². The Hall–Kier alpha value is -4.38. The molecule has 0 N–H and O–H groups in total. The normalized spacial score (nSPS) is 10.8. The number of para-hydroxylation sites is 1. The first-order valence-corrected chi connectivity index (χ1v) is 8.43. The molecule has 8 nitrogen and oxygen atoms in total. The summed E-state index contributed by atoms with van der Waals surface area (Å²) in [6.45, 7) is 0. The molecule has 0 saturated carbocycles. The topological polar surface area (TPSA) is 106 Å².